The number of hydroxylamine groups is 2. The van der Waals surface area contributed by atoms with Gasteiger partial charge in [0.2, 0.25) is 11.8 Å². The molecule has 40 heavy (non-hydrogen) atoms. The molecule has 0 aliphatic carbocycles. The van der Waals surface area contributed by atoms with Gasteiger partial charge in [-0.1, -0.05) is 14.9 Å². The third-order valence-corrected chi connectivity index (χ3v) is 7.01. The molecule has 0 radical (unpaired) electrons. The predicted octanol–water partition coefficient (Wildman–Crippen LogP) is 0.127. The first-order valence-corrected chi connectivity index (χ1v) is 15.5. The lowest BCUT2D eigenvalue weighted by Crippen LogP contribution is -2.36. The number of hydrogen-bond acceptors (Lipinski definition) is 12. The number of rotatable bonds is 15. The van der Waals surface area contributed by atoms with Gasteiger partial charge in [0, 0.05) is 90.5 Å². The zero-order chi connectivity index (χ0) is 28.8. The van der Waals surface area contributed by atoms with Crippen LogP contribution >= 0.6 is 14.1 Å². The molecule has 2 aliphatic rings. The minimum atomic E-state index is -0.371. The van der Waals surface area contributed by atoms with Crippen molar-refractivity contribution in [1.29, 1.82) is 0 Å². The van der Waals surface area contributed by atoms with Gasteiger partial charge in [-0.25, -0.2) is 11.0 Å². The molecule has 2 aliphatic heterocycles. The number of nitrogens with zero attached hydrogens (tertiary/aromatic N) is 2. The summed E-state index contributed by atoms with van der Waals surface area (Å²) in [4.78, 5) is 78.5. The van der Waals surface area contributed by atoms with Gasteiger partial charge >= 0.3 is 0 Å². The highest BCUT2D eigenvalue weighted by Gasteiger charge is 2.24. The molecule has 0 aromatic heterocycles. The van der Waals surface area contributed by atoms with E-state index in [1.165, 1.54) is 38.5 Å². The minimum Gasteiger partial charge on any atom is -0.355 e. The Balaban J connectivity index is -0.000000578. The van der Waals surface area contributed by atoms with Crippen LogP contribution in [0.25, 0.3) is 0 Å². The van der Waals surface area contributed by atoms with Crippen LogP contribution < -0.4 is 21.6 Å². The summed E-state index contributed by atoms with van der Waals surface area (Å²) < 4.78 is 0. The standard InChI is InChI=1S/2C10H15N3O4.2CH4.P2S2/c2*1-17-12-6-5-11-8(14)4-7-13-9(15)2-3-10(13)16;;;3-1-2-4/h2*2-3,12H,4-7H2,1H3,(H,11,14);2*1H4;. The van der Waals surface area contributed by atoms with Crippen LogP contribution in [0.15, 0.2) is 24.3 Å². The molecule has 0 spiro atoms. The summed E-state index contributed by atoms with van der Waals surface area (Å²) in [6, 6.07) is 0. The van der Waals surface area contributed by atoms with Gasteiger partial charge in [-0.15, -0.1) is 0 Å². The maximum Gasteiger partial charge on any atom is 0.253 e. The lowest BCUT2D eigenvalue weighted by Gasteiger charge is -2.13. The van der Waals surface area contributed by atoms with Gasteiger partial charge in [0.05, 0.1) is 14.2 Å². The van der Waals surface area contributed by atoms with Crippen LogP contribution in [-0.2, 0) is 62.1 Å². The fraction of sp³-hybridized carbons (Fsp3) is 0.545. The van der Waals surface area contributed by atoms with Gasteiger partial charge in [-0.3, -0.25) is 38.6 Å². The predicted molar refractivity (Wildman–Crippen MR) is 159 cm³/mol. The van der Waals surface area contributed by atoms with Crippen molar-refractivity contribution < 1.29 is 38.4 Å². The molecule has 0 saturated heterocycles. The average molecular weight is 641 g/mol. The smallest absolute Gasteiger partial charge is 0.253 e. The Morgan fingerprint density at radius 3 is 1.23 bits per heavy atom. The van der Waals surface area contributed by atoms with E-state index in [-0.39, 0.29) is 76.2 Å². The first-order valence-electron chi connectivity index (χ1n) is 11.0. The van der Waals surface area contributed by atoms with Crippen LogP contribution in [0.4, 0.5) is 0 Å². The molecule has 0 fully saturated rings. The summed E-state index contributed by atoms with van der Waals surface area (Å²) in [7, 11) is 4.71. The fourth-order valence-electron chi connectivity index (χ4n) is 2.62. The highest BCUT2D eigenvalue weighted by molar-refractivity contribution is 8.40. The Morgan fingerprint density at radius 2 is 0.975 bits per heavy atom. The molecule has 0 atom stereocenters. The maximum atomic E-state index is 11.3. The number of carbonyl (C=O) groups excluding carboxylic acids is 6. The zero-order valence-electron chi connectivity index (χ0n) is 20.8. The molecule has 14 nitrogen and oxygen atoms in total. The highest BCUT2D eigenvalue weighted by atomic mass is 32.7. The maximum absolute atomic E-state index is 11.3. The Morgan fingerprint density at radius 1 is 0.675 bits per heavy atom. The first-order chi connectivity index (χ1) is 18.2. The summed E-state index contributed by atoms with van der Waals surface area (Å²) in [5.74, 6) is -1.91. The normalized spacial score (nSPS) is 13.2. The first kappa shape index (κ1) is 42.1. The van der Waals surface area contributed by atoms with E-state index in [1.54, 1.807) is 0 Å². The zero-order valence-corrected chi connectivity index (χ0v) is 24.3. The summed E-state index contributed by atoms with van der Waals surface area (Å²) >= 11 is 8.82. The molecule has 0 aromatic rings. The third kappa shape index (κ3) is 19.6. The molecule has 2 heterocycles. The van der Waals surface area contributed by atoms with Gasteiger partial charge in [-0.05, 0) is 23.6 Å². The Kier molecular flexibility index (Phi) is 28.2. The number of imide groups is 2. The largest absolute Gasteiger partial charge is 0.355 e. The second-order valence-corrected chi connectivity index (χ2v) is 11.1. The van der Waals surface area contributed by atoms with Crippen molar-refractivity contribution in [1.82, 2.24) is 31.4 Å². The van der Waals surface area contributed by atoms with E-state index >= 15 is 0 Å². The monoisotopic (exact) mass is 640 g/mol. The fourth-order valence-corrected chi connectivity index (χ4v) is 2.62. The second kappa shape index (κ2) is 26.8. The highest BCUT2D eigenvalue weighted by Crippen LogP contribution is 2.10. The quantitative estimate of drug-likeness (QED) is 0.0825. The van der Waals surface area contributed by atoms with E-state index in [0.29, 0.717) is 26.2 Å². The number of amides is 6. The Labute approximate surface area is 248 Å². The Bertz CT molecular complexity index is 816. The summed E-state index contributed by atoms with van der Waals surface area (Å²) in [5, 5.41) is 5.24. The summed E-state index contributed by atoms with van der Waals surface area (Å²) in [6.07, 6.45) is 5.00. The van der Waals surface area contributed by atoms with E-state index in [1.807, 2.05) is 0 Å². The lowest BCUT2D eigenvalue weighted by atomic mass is 10.3. The molecular weight excluding hydrogens is 602 g/mol. The van der Waals surface area contributed by atoms with Crippen LogP contribution in [0, 0.1) is 0 Å². The lowest BCUT2D eigenvalue weighted by molar-refractivity contribution is -0.139. The van der Waals surface area contributed by atoms with Crippen molar-refractivity contribution in [2.45, 2.75) is 27.7 Å². The van der Waals surface area contributed by atoms with E-state index in [9.17, 15) is 28.8 Å². The van der Waals surface area contributed by atoms with E-state index in [2.05, 4.69) is 54.9 Å². The van der Waals surface area contributed by atoms with Gasteiger partial charge in [-0.2, -0.15) is 0 Å². The van der Waals surface area contributed by atoms with Crippen molar-refractivity contribution >= 4 is 73.1 Å². The van der Waals surface area contributed by atoms with E-state index in [4.69, 9.17) is 0 Å². The minimum absolute atomic E-state index is 0. The molecule has 4 N–H and O–H groups in total. The van der Waals surface area contributed by atoms with Crippen LogP contribution in [0.3, 0.4) is 0 Å². The number of hydrogen-bond donors (Lipinski definition) is 4. The van der Waals surface area contributed by atoms with Gasteiger partial charge < -0.3 is 20.3 Å². The van der Waals surface area contributed by atoms with Gasteiger partial charge in [0.25, 0.3) is 23.6 Å². The molecule has 0 aromatic carbocycles. The average Bonchev–Trinajstić information content (AvgIpc) is 3.41. The van der Waals surface area contributed by atoms with E-state index in [0.717, 1.165) is 23.9 Å². The van der Waals surface area contributed by atoms with Crippen molar-refractivity contribution in [3.63, 3.8) is 0 Å². The second-order valence-electron chi connectivity index (χ2n) is 6.88. The molecule has 0 bridgehead atoms. The van der Waals surface area contributed by atoms with Crippen molar-refractivity contribution in [3.8, 4) is 0 Å². The van der Waals surface area contributed by atoms with Crippen LogP contribution in [0.5, 0.6) is 0 Å². The Hall–Kier alpha value is -2.42. The van der Waals surface area contributed by atoms with Crippen LogP contribution in [-0.4, -0.2) is 98.7 Å². The van der Waals surface area contributed by atoms with Gasteiger partial charge in [0.15, 0.2) is 0 Å². The van der Waals surface area contributed by atoms with Crippen molar-refractivity contribution in [2.75, 3.05) is 53.5 Å². The summed E-state index contributed by atoms with van der Waals surface area (Å²) in [6.45, 7) is 2.04. The molecule has 6 amide bonds. The van der Waals surface area contributed by atoms with E-state index < -0.39 is 0 Å². The topological polar surface area (TPSA) is 175 Å². The molecule has 0 saturated carbocycles. The van der Waals surface area contributed by atoms with Gasteiger partial charge in [0.1, 0.15) is 0 Å². The van der Waals surface area contributed by atoms with Crippen LogP contribution in [0.1, 0.15) is 27.7 Å². The van der Waals surface area contributed by atoms with Crippen molar-refractivity contribution in [3.05, 3.63) is 24.3 Å². The van der Waals surface area contributed by atoms with Crippen LogP contribution in [0.2, 0.25) is 0 Å². The SMILES string of the molecule is C.C.CONCCNC(=O)CCN1C(=O)C=CC1=O.CONCCNC(=O)CCN1C(=O)C=CC1=O.S=PP=S. The summed E-state index contributed by atoms with van der Waals surface area (Å²) in [5.41, 5.74) is 5.14. The number of nitrogens with one attached hydrogen (secondary N) is 4. The molecule has 2 rings (SSSR count). The molecule has 18 heteroatoms. The third-order valence-electron chi connectivity index (χ3n) is 4.35. The molecule has 0 unspecified atom stereocenters. The van der Waals surface area contributed by atoms with Crippen molar-refractivity contribution in [2.24, 2.45) is 0 Å². The number of carbonyl (C=O) groups is 6. The molecule has 226 valence electrons. The molecular formula is C22H38N6O8P2S2.